The summed E-state index contributed by atoms with van der Waals surface area (Å²) in [7, 11) is 0. The van der Waals surface area contributed by atoms with Crippen molar-refractivity contribution in [2.75, 3.05) is 13.1 Å². The molecule has 0 aliphatic carbocycles. The van der Waals surface area contributed by atoms with E-state index in [9.17, 15) is 4.79 Å². The summed E-state index contributed by atoms with van der Waals surface area (Å²) >= 11 is 1.64. The minimum atomic E-state index is 0.249. The van der Waals surface area contributed by atoms with E-state index in [4.69, 9.17) is 4.98 Å². The minimum absolute atomic E-state index is 0.249. The Morgan fingerprint density at radius 2 is 1.93 bits per heavy atom. The molecule has 3 heterocycles. The summed E-state index contributed by atoms with van der Waals surface area (Å²) in [4.78, 5) is 29.3. The van der Waals surface area contributed by atoms with Crippen molar-refractivity contribution >= 4 is 17.2 Å². The maximum absolute atomic E-state index is 12.6. The fourth-order valence-electron chi connectivity index (χ4n) is 3.70. The lowest BCUT2D eigenvalue weighted by Crippen LogP contribution is -2.38. The Morgan fingerprint density at radius 3 is 2.64 bits per heavy atom. The van der Waals surface area contributed by atoms with Crippen molar-refractivity contribution in [3.63, 3.8) is 0 Å². The molecule has 1 aromatic carbocycles. The molecule has 0 atom stereocenters. The minimum Gasteiger partial charge on any atom is -0.343 e. The Bertz CT molecular complexity index is 932. The second-order valence-corrected chi connectivity index (χ2v) is 8.13. The topological polar surface area (TPSA) is 59.0 Å². The van der Waals surface area contributed by atoms with Crippen LogP contribution in [0.2, 0.25) is 0 Å². The molecule has 0 N–H and O–H groups in total. The molecule has 0 bridgehead atoms. The summed E-state index contributed by atoms with van der Waals surface area (Å²) < 4.78 is 0. The third-order valence-corrected chi connectivity index (χ3v) is 6.38. The molecule has 2 aromatic heterocycles. The van der Waals surface area contributed by atoms with Crippen molar-refractivity contribution in [2.24, 2.45) is 0 Å². The van der Waals surface area contributed by atoms with Crippen molar-refractivity contribution < 1.29 is 4.79 Å². The Hall–Kier alpha value is -2.60. The Morgan fingerprint density at radius 1 is 1.14 bits per heavy atom. The maximum Gasteiger partial charge on any atom is 0.222 e. The van der Waals surface area contributed by atoms with Crippen molar-refractivity contribution in [1.82, 2.24) is 19.9 Å². The number of rotatable bonds is 5. The third kappa shape index (κ3) is 4.28. The van der Waals surface area contributed by atoms with Gasteiger partial charge >= 0.3 is 0 Å². The highest BCUT2D eigenvalue weighted by Crippen LogP contribution is 2.28. The normalized spacial score (nSPS) is 15.0. The highest BCUT2D eigenvalue weighted by Gasteiger charge is 2.25. The number of piperidine rings is 1. The molecule has 1 saturated heterocycles. The Labute approximate surface area is 169 Å². The van der Waals surface area contributed by atoms with E-state index in [1.165, 1.54) is 4.88 Å². The zero-order chi connectivity index (χ0) is 19.3. The smallest absolute Gasteiger partial charge is 0.222 e. The first kappa shape index (κ1) is 18.7. The molecule has 4 rings (SSSR count). The molecule has 5 nitrogen and oxygen atoms in total. The first-order valence-electron chi connectivity index (χ1n) is 9.76. The average Bonchev–Trinajstić information content (AvgIpc) is 3.17. The Kier molecular flexibility index (Phi) is 5.76. The second-order valence-electron chi connectivity index (χ2n) is 7.19. The van der Waals surface area contributed by atoms with Gasteiger partial charge in [0.25, 0.3) is 0 Å². The lowest BCUT2D eigenvalue weighted by atomic mass is 9.93. The number of benzene rings is 1. The maximum atomic E-state index is 12.6. The van der Waals surface area contributed by atoms with E-state index < -0.39 is 0 Å². The highest BCUT2D eigenvalue weighted by atomic mass is 32.1. The Balaban J connectivity index is 1.34. The molecule has 6 heteroatoms. The fraction of sp³-hybridized carbons (Fsp3) is 0.364. The van der Waals surface area contributed by atoms with Gasteiger partial charge in [0, 0.05) is 47.8 Å². The van der Waals surface area contributed by atoms with Crippen LogP contribution in [0.25, 0.3) is 11.4 Å². The number of aromatic nitrogens is 3. The molecule has 3 aromatic rings. The zero-order valence-corrected chi connectivity index (χ0v) is 16.9. The lowest BCUT2D eigenvalue weighted by molar-refractivity contribution is -0.132. The molecule has 1 aliphatic rings. The van der Waals surface area contributed by atoms with Crippen LogP contribution >= 0.6 is 11.3 Å². The summed E-state index contributed by atoms with van der Waals surface area (Å²) in [6.45, 7) is 3.61. The number of amides is 1. The zero-order valence-electron chi connectivity index (χ0n) is 16.0. The molecule has 144 valence electrons. The first-order valence-corrected chi connectivity index (χ1v) is 10.6. The number of carbonyl (C=O) groups excluding carboxylic acids is 1. The molecule has 0 radical (unpaired) electrons. The number of thiazole rings is 1. The number of likely N-dealkylation sites (tertiary alicyclic amines) is 1. The van der Waals surface area contributed by atoms with Crippen LogP contribution < -0.4 is 0 Å². The molecule has 1 aliphatic heterocycles. The van der Waals surface area contributed by atoms with Crippen molar-refractivity contribution in [1.29, 1.82) is 0 Å². The van der Waals surface area contributed by atoms with E-state index in [0.717, 1.165) is 55.1 Å². The van der Waals surface area contributed by atoms with Gasteiger partial charge < -0.3 is 4.90 Å². The number of carbonyl (C=O) groups is 1. The monoisotopic (exact) mass is 392 g/mol. The SMILES string of the molecule is Cc1ncsc1CCC(=O)N1CCC(c2ccnc(-c3ccccc3)n2)CC1. The van der Waals surface area contributed by atoms with E-state index in [-0.39, 0.29) is 5.91 Å². The average molecular weight is 393 g/mol. The number of hydrogen-bond donors (Lipinski definition) is 0. The van der Waals surface area contributed by atoms with Gasteiger partial charge in [-0.2, -0.15) is 0 Å². The molecule has 1 fully saturated rings. The van der Waals surface area contributed by atoms with Crippen LogP contribution in [-0.2, 0) is 11.2 Å². The molecule has 28 heavy (non-hydrogen) atoms. The predicted molar refractivity (Wildman–Crippen MR) is 111 cm³/mol. The summed E-state index contributed by atoms with van der Waals surface area (Å²) in [5, 5.41) is 0. The molecule has 0 unspecified atom stereocenters. The summed E-state index contributed by atoms with van der Waals surface area (Å²) in [5.41, 5.74) is 5.03. The molecule has 0 spiro atoms. The van der Waals surface area contributed by atoms with E-state index in [1.807, 2.05) is 59.9 Å². The molecular weight excluding hydrogens is 368 g/mol. The summed E-state index contributed by atoms with van der Waals surface area (Å²) in [6.07, 6.45) is 5.12. The van der Waals surface area contributed by atoms with Gasteiger partial charge in [-0.05, 0) is 32.3 Å². The summed E-state index contributed by atoms with van der Waals surface area (Å²) in [6, 6.07) is 12.1. The van der Waals surface area contributed by atoms with Crippen LogP contribution in [0, 0.1) is 6.92 Å². The van der Waals surface area contributed by atoms with Gasteiger partial charge in [-0.3, -0.25) is 4.79 Å². The van der Waals surface area contributed by atoms with Gasteiger partial charge in [0.05, 0.1) is 11.2 Å². The van der Waals surface area contributed by atoms with Gasteiger partial charge in [0.15, 0.2) is 5.82 Å². The summed E-state index contributed by atoms with van der Waals surface area (Å²) in [5.74, 6) is 1.41. The predicted octanol–water partition coefficient (Wildman–Crippen LogP) is 4.25. The highest BCUT2D eigenvalue weighted by molar-refractivity contribution is 7.09. The van der Waals surface area contributed by atoms with Gasteiger partial charge in [-0.25, -0.2) is 15.0 Å². The third-order valence-electron chi connectivity index (χ3n) is 5.39. The van der Waals surface area contributed by atoms with Crippen LogP contribution in [0.4, 0.5) is 0 Å². The van der Waals surface area contributed by atoms with Gasteiger partial charge in [0.2, 0.25) is 5.91 Å². The van der Waals surface area contributed by atoms with Crippen molar-refractivity contribution in [2.45, 2.75) is 38.5 Å². The van der Waals surface area contributed by atoms with E-state index in [0.29, 0.717) is 12.3 Å². The van der Waals surface area contributed by atoms with E-state index in [2.05, 4.69) is 9.97 Å². The molecule has 1 amide bonds. The fourth-order valence-corrected chi connectivity index (χ4v) is 4.48. The van der Waals surface area contributed by atoms with E-state index >= 15 is 0 Å². The quantitative estimate of drug-likeness (QED) is 0.651. The van der Waals surface area contributed by atoms with Crippen LogP contribution in [0.1, 0.15) is 41.4 Å². The van der Waals surface area contributed by atoms with Crippen LogP contribution in [0.5, 0.6) is 0 Å². The lowest BCUT2D eigenvalue weighted by Gasteiger charge is -2.32. The van der Waals surface area contributed by atoms with Gasteiger partial charge in [0.1, 0.15) is 0 Å². The largest absolute Gasteiger partial charge is 0.343 e. The van der Waals surface area contributed by atoms with Gasteiger partial charge in [-0.15, -0.1) is 11.3 Å². The first-order chi connectivity index (χ1) is 13.7. The van der Waals surface area contributed by atoms with Crippen molar-refractivity contribution in [3.8, 4) is 11.4 Å². The van der Waals surface area contributed by atoms with Gasteiger partial charge in [-0.1, -0.05) is 30.3 Å². The number of aryl methyl sites for hydroxylation is 2. The number of hydrogen-bond acceptors (Lipinski definition) is 5. The van der Waals surface area contributed by atoms with E-state index in [1.54, 1.807) is 11.3 Å². The molecule has 0 saturated carbocycles. The number of nitrogens with zero attached hydrogens (tertiary/aromatic N) is 4. The van der Waals surface area contributed by atoms with Crippen LogP contribution in [-0.4, -0.2) is 38.8 Å². The second kappa shape index (κ2) is 8.61. The molecular formula is C22H24N4OS. The van der Waals surface area contributed by atoms with Crippen LogP contribution in [0.15, 0.2) is 48.1 Å². The van der Waals surface area contributed by atoms with Crippen LogP contribution in [0.3, 0.4) is 0 Å². The standard InChI is InChI=1S/C22H24N4OS/c1-16-20(28-15-24-16)7-8-21(27)26-13-10-17(11-14-26)19-9-12-23-22(25-19)18-5-3-2-4-6-18/h2-6,9,12,15,17H,7-8,10-11,13-14H2,1H3. The van der Waals surface area contributed by atoms with Crippen molar-refractivity contribution in [3.05, 3.63) is 64.4 Å².